The molecule has 0 aromatic heterocycles. The lowest BCUT2D eigenvalue weighted by atomic mass is 10.1. The molecule has 2 aliphatic rings. The Morgan fingerprint density at radius 1 is 1.10 bits per heavy atom. The third-order valence-corrected chi connectivity index (χ3v) is 6.87. The maximum atomic E-state index is 12.7. The molecule has 156 valence electrons. The quantitative estimate of drug-likeness (QED) is 0.455. The minimum Gasteiger partial charge on any atom is -0.489 e. The summed E-state index contributed by atoms with van der Waals surface area (Å²) in [6.45, 7) is 4.83. The van der Waals surface area contributed by atoms with Crippen LogP contribution >= 0.6 is 11.8 Å². The van der Waals surface area contributed by atoms with Crippen LogP contribution in [-0.2, 0) is 27.5 Å². The van der Waals surface area contributed by atoms with E-state index in [1.54, 1.807) is 0 Å². The number of hydrogen-bond acceptors (Lipinski definition) is 5. The van der Waals surface area contributed by atoms with E-state index in [-0.39, 0.29) is 34.9 Å². The number of carbonyl (C=O) groups is 2. The topological polar surface area (TPSA) is 52.6 Å². The zero-order valence-corrected chi connectivity index (χ0v) is 18.1. The van der Waals surface area contributed by atoms with Crippen molar-refractivity contribution in [3.05, 3.63) is 77.4 Å². The van der Waals surface area contributed by atoms with E-state index >= 15 is 0 Å². The second-order valence-electron chi connectivity index (χ2n) is 8.43. The van der Waals surface area contributed by atoms with Crippen molar-refractivity contribution in [2.75, 3.05) is 5.75 Å². The van der Waals surface area contributed by atoms with Gasteiger partial charge >= 0.3 is 5.97 Å². The molecule has 0 unspecified atom stereocenters. The minimum absolute atomic E-state index is 0.0724. The Bertz CT molecular complexity index is 964. The highest BCUT2D eigenvalue weighted by atomic mass is 32.2. The Balaban J connectivity index is 1.32. The molecule has 0 bridgehead atoms. The van der Waals surface area contributed by atoms with E-state index in [4.69, 9.17) is 9.47 Å². The maximum Gasteiger partial charge on any atom is 0.310 e. The van der Waals surface area contributed by atoms with Gasteiger partial charge in [0.1, 0.15) is 19.0 Å². The van der Waals surface area contributed by atoms with E-state index in [1.165, 1.54) is 11.8 Å². The van der Waals surface area contributed by atoms with Crippen molar-refractivity contribution in [1.29, 1.82) is 0 Å². The van der Waals surface area contributed by atoms with Crippen molar-refractivity contribution in [3.63, 3.8) is 0 Å². The molecule has 1 heterocycles. The highest BCUT2D eigenvalue weighted by Crippen LogP contribution is 2.60. The molecule has 1 saturated carbocycles. The average Bonchev–Trinajstić information content (AvgIpc) is 3.05. The van der Waals surface area contributed by atoms with Crippen molar-refractivity contribution < 1.29 is 19.1 Å². The number of thioether (sulfide) groups is 1. The van der Waals surface area contributed by atoms with Crippen LogP contribution in [0, 0.1) is 17.3 Å². The summed E-state index contributed by atoms with van der Waals surface area (Å²) in [6, 6.07) is 17.6. The van der Waals surface area contributed by atoms with E-state index < -0.39 is 0 Å². The summed E-state index contributed by atoms with van der Waals surface area (Å²) in [5.74, 6) is 1.27. The summed E-state index contributed by atoms with van der Waals surface area (Å²) >= 11 is 1.36. The van der Waals surface area contributed by atoms with Gasteiger partial charge in [0, 0.05) is 11.3 Å². The molecule has 1 saturated heterocycles. The highest BCUT2D eigenvalue weighted by molar-refractivity contribution is 8.14. The van der Waals surface area contributed by atoms with E-state index in [0.717, 1.165) is 34.6 Å². The maximum absolute atomic E-state index is 12.7. The van der Waals surface area contributed by atoms with E-state index in [2.05, 4.69) is 13.8 Å². The van der Waals surface area contributed by atoms with Crippen LogP contribution in [0.5, 0.6) is 5.75 Å². The van der Waals surface area contributed by atoms with E-state index in [9.17, 15) is 9.59 Å². The van der Waals surface area contributed by atoms with Gasteiger partial charge in [-0.1, -0.05) is 74.1 Å². The number of hydrogen-bond donors (Lipinski definition) is 0. The number of carbonyl (C=O) groups excluding carboxylic acids is 2. The summed E-state index contributed by atoms with van der Waals surface area (Å²) < 4.78 is 11.5. The number of ether oxygens (including phenoxy) is 2. The van der Waals surface area contributed by atoms with Crippen molar-refractivity contribution in [3.8, 4) is 5.75 Å². The molecule has 4 rings (SSSR count). The molecule has 30 heavy (non-hydrogen) atoms. The molecule has 1 aliphatic heterocycles. The molecular formula is C25H26O4S. The lowest BCUT2D eigenvalue weighted by Crippen LogP contribution is -2.10. The summed E-state index contributed by atoms with van der Waals surface area (Å²) in [6.07, 6.45) is 2.81. The fourth-order valence-corrected chi connectivity index (χ4v) is 4.83. The molecule has 5 heteroatoms. The van der Waals surface area contributed by atoms with Crippen LogP contribution in [-0.4, -0.2) is 16.8 Å². The zero-order chi connectivity index (χ0) is 21.1. The smallest absolute Gasteiger partial charge is 0.310 e. The fourth-order valence-electron chi connectivity index (χ4n) is 3.97. The van der Waals surface area contributed by atoms with Crippen LogP contribution in [0.15, 0.2) is 66.2 Å². The first kappa shape index (κ1) is 20.7. The van der Waals surface area contributed by atoms with Crippen LogP contribution in [0.1, 0.15) is 31.4 Å². The highest BCUT2D eigenvalue weighted by Gasteiger charge is 2.61. The molecule has 0 N–H and O–H groups in total. The summed E-state index contributed by atoms with van der Waals surface area (Å²) in [7, 11) is 0. The molecule has 0 amide bonds. The SMILES string of the molecule is CC1(C)[C@H](C(=O)OCc2cccc(OCc3ccccc3)c2)[C@@H]1/C=C1\CCSC1=O. The van der Waals surface area contributed by atoms with Gasteiger partial charge in [0.2, 0.25) is 5.12 Å². The molecule has 2 atom stereocenters. The minimum atomic E-state index is -0.199. The molecular weight excluding hydrogens is 396 g/mol. The first-order valence-electron chi connectivity index (χ1n) is 10.3. The molecule has 0 radical (unpaired) electrons. The predicted molar refractivity (Wildman–Crippen MR) is 118 cm³/mol. The number of allylic oxidation sites excluding steroid dienone is 1. The number of esters is 1. The third-order valence-electron chi connectivity index (χ3n) is 5.94. The van der Waals surface area contributed by atoms with Crippen molar-refractivity contribution in [2.24, 2.45) is 17.3 Å². The monoisotopic (exact) mass is 422 g/mol. The molecule has 1 aliphatic carbocycles. The van der Waals surface area contributed by atoms with Crippen LogP contribution < -0.4 is 4.74 Å². The Morgan fingerprint density at radius 3 is 2.60 bits per heavy atom. The van der Waals surface area contributed by atoms with Gasteiger partial charge in [-0.05, 0) is 41.0 Å². The molecule has 4 nitrogen and oxygen atoms in total. The van der Waals surface area contributed by atoms with Gasteiger partial charge in [-0.25, -0.2) is 0 Å². The van der Waals surface area contributed by atoms with Crippen molar-refractivity contribution in [2.45, 2.75) is 33.5 Å². The summed E-state index contributed by atoms with van der Waals surface area (Å²) in [4.78, 5) is 24.6. The van der Waals surface area contributed by atoms with Gasteiger partial charge < -0.3 is 9.47 Å². The van der Waals surface area contributed by atoms with Gasteiger partial charge in [0.25, 0.3) is 0 Å². The average molecular weight is 423 g/mol. The standard InChI is InChI=1S/C25H26O4S/c1-25(2)21(14-19-11-12-30-24(19)27)22(25)23(26)29-16-18-9-6-10-20(13-18)28-15-17-7-4-3-5-8-17/h3-10,13-14,21-22H,11-12,15-16H2,1-2H3/b19-14+/t21-,22-/m0/s1. The Hall–Kier alpha value is -2.53. The largest absolute Gasteiger partial charge is 0.489 e. The molecule has 2 aromatic rings. The van der Waals surface area contributed by atoms with Gasteiger partial charge in [-0.15, -0.1) is 0 Å². The van der Waals surface area contributed by atoms with E-state index in [0.29, 0.717) is 6.61 Å². The zero-order valence-electron chi connectivity index (χ0n) is 17.3. The lowest BCUT2D eigenvalue weighted by molar-refractivity contribution is -0.147. The summed E-state index contributed by atoms with van der Waals surface area (Å²) in [5.41, 5.74) is 2.68. The third kappa shape index (κ3) is 4.62. The van der Waals surface area contributed by atoms with Crippen LogP contribution in [0.4, 0.5) is 0 Å². The van der Waals surface area contributed by atoms with Gasteiger partial charge in [-0.3, -0.25) is 9.59 Å². The van der Waals surface area contributed by atoms with Crippen LogP contribution in [0.2, 0.25) is 0 Å². The second kappa shape index (κ2) is 8.68. The fraction of sp³-hybridized carbons (Fsp3) is 0.360. The Kier molecular flexibility index (Phi) is 6.00. The van der Waals surface area contributed by atoms with Gasteiger partial charge in [0.05, 0.1) is 5.92 Å². The Labute approximate surface area is 181 Å². The first-order chi connectivity index (χ1) is 14.4. The number of benzene rings is 2. The Morgan fingerprint density at radius 2 is 1.87 bits per heavy atom. The number of rotatable bonds is 7. The van der Waals surface area contributed by atoms with Crippen molar-refractivity contribution in [1.82, 2.24) is 0 Å². The van der Waals surface area contributed by atoms with Gasteiger partial charge in [-0.2, -0.15) is 0 Å². The first-order valence-corrected chi connectivity index (χ1v) is 11.2. The molecule has 2 aromatic carbocycles. The second-order valence-corrected chi connectivity index (χ2v) is 9.50. The molecule has 2 fully saturated rings. The van der Waals surface area contributed by atoms with Crippen LogP contribution in [0.25, 0.3) is 0 Å². The van der Waals surface area contributed by atoms with E-state index in [1.807, 2.05) is 60.7 Å². The molecule has 0 spiro atoms. The lowest BCUT2D eigenvalue weighted by Gasteiger charge is -2.09. The van der Waals surface area contributed by atoms with Gasteiger partial charge in [0.15, 0.2) is 0 Å². The summed E-state index contributed by atoms with van der Waals surface area (Å²) in [5, 5.41) is 0.150. The predicted octanol–water partition coefficient (Wildman–Crippen LogP) is 5.17. The normalized spacial score (nSPS) is 23.4. The van der Waals surface area contributed by atoms with Crippen LogP contribution in [0.3, 0.4) is 0 Å². The van der Waals surface area contributed by atoms with Crippen molar-refractivity contribution >= 4 is 22.8 Å².